The van der Waals surface area contributed by atoms with Gasteiger partial charge in [-0.15, -0.1) is 5.10 Å². The molecule has 4 aliphatic heterocycles. The van der Waals surface area contributed by atoms with E-state index < -0.39 is 35.6 Å². The van der Waals surface area contributed by atoms with Gasteiger partial charge in [0, 0.05) is 18.8 Å². The Labute approximate surface area is 273 Å². The molecule has 0 aliphatic carbocycles. The molecule has 2 saturated heterocycles. The van der Waals surface area contributed by atoms with Crippen molar-refractivity contribution in [3.05, 3.63) is 72.8 Å². The molecule has 2 aromatic carbocycles. The molecule has 1 spiro atoms. The molecular formula is C35H40N6O6. The van der Waals surface area contributed by atoms with Crippen LogP contribution in [0.15, 0.2) is 72.8 Å². The maximum absolute atomic E-state index is 14.8. The molecule has 2 fully saturated rings. The Morgan fingerprint density at radius 2 is 1.81 bits per heavy atom. The van der Waals surface area contributed by atoms with Crippen LogP contribution in [0.5, 0.6) is 5.75 Å². The Morgan fingerprint density at radius 1 is 1.02 bits per heavy atom. The molecule has 0 saturated carbocycles. The molecule has 246 valence electrons. The van der Waals surface area contributed by atoms with E-state index in [2.05, 4.69) is 10.3 Å². The summed E-state index contributed by atoms with van der Waals surface area (Å²) in [6.07, 6.45) is 7.16. The molecule has 1 aromatic heterocycles. The number of carbonyl (C=O) groups is 3. The minimum Gasteiger partial charge on any atom is -0.494 e. The van der Waals surface area contributed by atoms with Crippen LogP contribution < -0.4 is 9.64 Å². The zero-order chi connectivity index (χ0) is 32.9. The zero-order valence-electron chi connectivity index (χ0n) is 26.8. The molecule has 5 heterocycles. The van der Waals surface area contributed by atoms with Crippen LogP contribution in [0.1, 0.15) is 27.2 Å². The van der Waals surface area contributed by atoms with Gasteiger partial charge in [-0.2, -0.15) is 0 Å². The van der Waals surface area contributed by atoms with Gasteiger partial charge in [-0.25, -0.2) is 4.68 Å². The van der Waals surface area contributed by atoms with Crippen molar-refractivity contribution in [2.45, 2.75) is 57.6 Å². The van der Waals surface area contributed by atoms with E-state index in [1.54, 1.807) is 14.5 Å². The summed E-state index contributed by atoms with van der Waals surface area (Å²) in [4.78, 5) is 48.8. The van der Waals surface area contributed by atoms with Crippen LogP contribution in [-0.2, 0) is 25.8 Å². The first kappa shape index (κ1) is 31.1. The molecule has 1 N–H and O–H groups in total. The standard InChI is InChI=1S/C35H40N6O6/c1-4-46-25-14-12-23(13-15-25)39-18-7-11-28-29(32(39)43)30-33(44)41(24(20-42)19-22(2)3)31-34(45)38(17-8-16-35(30,31)47-28)21-40-27-10-6-5-9-26(27)36-37-40/h5-16,22,24,28-31,42H,4,17-21H2,1-3H3/t24-,28-,29+,30+,31?,35+/m1/s1. The second-order valence-electron chi connectivity index (χ2n) is 13.0. The number of ether oxygens (including phenoxy) is 2. The summed E-state index contributed by atoms with van der Waals surface area (Å²) >= 11 is 0. The summed E-state index contributed by atoms with van der Waals surface area (Å²) in [5.41, 5.74) is 0.751. The van der Waals surface area contributed by atoms with Gasteiger partial charge in [-0.3, -0.25) is 14.4 Å². The number of benzene rings is 2. The van der Waals surface area contributed by atoms with Gasteiger partial charge >= 0.3 is 0 Å². The maximum atomic E-state index is 14.8. The minimum atomic E-state index is -1.41. The Hall–Kier alpha value is -4.55. The van der Waals surface area contributed by atoms with E-state index in [9.17, 15) is 19.5 Å². The average molecular weight is 641 g/mol. The number of anilines is 1. The van der Waals surface area contributed by atoms with Crippen molar-refractivity contribution in [2.24, 2.45) is 17.8 Å². The third kappa shape index (κ3) is 5.10. The summed E-state index contributed by atoms with van der Waals surface area (Å²) in [7, 11) is 0. The lowest BCUT2D eigenvalue weighted by atomic mass is 9.77. The van der Waals surface area contributed by atoms with Gasteiger partial charge in [0.25, 0.3) is 5.91 Å². The van der Waals surface area contributed by atoms with Gasteiger partial charge in [0.1, 0.15) is 29.6 Å². The number of hydrogen-bond acceptors (Lipinski definition) is 8. The fraction of sp³-hybridized carbons (Fsp3) is 0.457. The summed E-state index contributed by atoms with van der Waals surface area (Å²) in [6, 6.07) is 13.1. The number of likely N-dealkylation sites (tertiary alicyclic amines) is 1. The molecule has 1 unspecified atom stereocenters. The number of aromatic nitrogens is 3. The lowest BCUT2D eigenvalue weighted by molar-refractivity contribution is -0.151. The van der Waals surface area contributed by atoms with Crippen LogP contribution >= 0.6 is 0 Å². The first-order valence-electron chi connectivity index (χ1n) is 16.3. The smallest absolute Gasteiger partial charge is 0.250 e. The third-order valence-corrected chi connectivity index (χ3v) is 9.71. The summed E-state index contributed by atoms with van der Waals surface area (Å²) < 4.78 is 14.1. The van der Waals surface area contributed by atoms with Crippen LogP contribution in [-0.4, -0.2) is 97.7 Å². The predicted molar refractivity (Wildman–Crippen MR) is 173 cm³/mol. The molecule has 0 radical (unpaired) electrons. The molecule has 12 heteroatoms. The molecule has 3 aromatic rings. The van der Waals surface area contributed by atoms with E-state index in [1.807, 2.05) is 93.6 Å². The number of hydrogen-bond donors (Lipinski definition) is 1. The molecule has 6 atom stereocenters. The molecular weight excluding hydrogens is 600 g/mol. The fourth-order valence-electron chi connectivity index (χ4n) is 7.77. The molecule has 3 amide bonds. The van der Waals surface area contributed by atoms with Gasteiger partial charge < -0.3 is 29.3 Å². The Kier molecular flexibility index (Phi) is 8.09. The topological polar surface area (TPSA) is 130 Å². The number of fused-ring (bicyclic) bond motifs is 3. The van der Waals surface area contributed by atoms with Crippen molar-refractivity contribution in [1.29, 1.82) is 0 Å². The maximum Gasteiger partial charge on any atom is 0.250 e. The normalized spacial score (nSPS) is 27.7. The van der Waals surface area contributed by atoms with E-state index in [-0.39, 0.29) is 43.5 Å². The highest BCUT2D eigenvalue weighted by Gasteiger charge is 2.72. The van der Waals surface area contributed by atoms with Gasteiger partial charge in [-0.05, 0) is 55.7 Å². The highest BCUT2D eigenvalue weighted by molar-refractivity contribution is 6.04. The second-order valence-corrected chi connectivity index (χ2v) is 13.0. The summed E-state index contributed by atoms with van der Waals surface area (Å²) in [5.74, 6) is -1.94. The highest BCUT2D eigenvalue weighted by Crippen LogP contribution is 2.54. The Balaban J connectivity index is 1.28. The monoisotopic (exact) mass is 640 g/mol. The van der Waals surface area contributed by atoms with Crippen molar-refractivity contribution in [2.75, 3.05) is 31.2 Å². The average Bonchev–Trinajstić information content (AvgIpc) is 3.62. The highest BCUT2D eigenvalue weighted by atomic mass is 16.5. The molecule has 7 rings (SSSR count). The molecule has 0 bridgehead atoms. The Morgan fingerprint density at radius 3 is 2.55 bits per heavy atom. The lowest BCUT2D eigenvalue weighted by Gasteiger charge is -2.39. The first-order valence-corrected chi connectivity index (χ1v) is 16.3. The van der Waals surface area contributed by atoms with Crippen molar-refractivity contribution in [3.8, 4) is 5.75 Å². The number of amides is 3. The number of nitrogens with zero attached hydrogens (tertiary/aromatic N) is 6. The molecule has 4 aliphatic rings. The number of carbonyl (C=O) groups excluding carboxylic acids is 3. The van der Waals surface area contributed by atoms with Gasteiger partial charge in [-0.1, -0.05) is 55.5 Å². The zero-order valence-corrected chi connectivity index (χ0v) is 26.8. The van der Waals surface area contributed by atoms with Gasteiger partial charge in [0.05, 0.1) is 42.7 Å². The number of para-hydroxylation sites is 1. The quantitative estimate of drug-likeness (QED) is 0.354. The third-order valence-electron chi connectivity index (χ3n) is 9.71. The van der Waals surface area contributed by atoms with Crippen LogP contribution in [0.25, 0.3) is 11.0 Å². The van der Waals surface area contributed by atoms with Crippen LogP contribution in [0.2, 0.25) is 0 Å². The number of aliphatic hydroxyl groups excluding tert-OH is 1. The largest absolute Gasteiger partial charge is 0.494 e. The van der Waals surface area contributed by atoms with E-state index in [4.69, 9.17) is 9.47 Å². The SMILES string of the molecule is CCOc1ccc(N2CC=C[C@H]3O[C@]45C=CCN(Cn6nnc7ccccc76)C(=O)C4N([C@@H](CO)CC(C)C)C(=O)[C@@H]5[C@H]3C2=O)cc1. The lowest BCUT2D eigenvalue weighted by Crippen LogP contribution is -2.58. The fourth-order valence-corrected chi connectivity index (χ4v) is 7.77. The van der Waals surface area contributed by atoms with Crippen molar-refractivity contribution in [1.82, 2.24) is 24.8 Å². The molecule has 12 nitrogen and oxygen atoms in total. The van der Waals surface area contributed by atoms with E-state index in [1.165, 1.54) is 4.90 Å². The van der Waals surface area contributed by atoms with Crippen LogP contribution in [0, 0.1) is 17.8 Å². The van der Waals surface area contributed by atoms with Crippen molar-refractivity contribution >= 4 is 34.4 Å². The Bertz CT molecular complexity index is 1740. The summed E-state index contributed by atoms with van der Waals surface area (Å²) in [5, 5.41) is 19.2. The van der Waals surface area contributed by atoms with Gasteiger partial charge in [0.15, 0.2) is 0 Å². The van der Waals surface area contributed by atoms with Gasteiger partial charge in [0.2, 0.25) is 11.8 Å². The van der Waals surface area contributed by atoms with Crippen LogP contribution in [0.3, 0.4) is 0 Å². The van der Waals surface area contributed by atoms with E-state index >= 15 is 0 Å². The van der Waals surface area contributed by atoms with E-state index in [0.717, 1.165) is 5.52 Å². The second kappa shape index (κ2) is 12.2. The molecule has 47 heavy (non-hydrogen) atoms. The minimum absolute atomic E-state index is 0.105. The predicted octanol–water partition coefficient (Wildman–Crippen LogP) is 2.78. The summed E-state index contributed by atoms with van der Waals surface area (Å²) in [6.45, 7) is 6.80. The van der Waals surface area contributed by atoms with Crippen LogP contribution in [0.4, 0.5) is 5.69 Å². The first-order chi connectivity index (χ1) is 22.8. The number of aliphatic hydroxyl groups is 1. The number of rotatable bonds is 9. The van der Waals surface area contributed by atoms with Crippen molar-refractivity contribution < 1.29 is 29.0 Å². The van der Waals surface area contributed by atoms with Crippen molar-refractivity contribution in [3.63, 3.8) is 0 Å². The van der Waals surface area contributed by atoms with E-state index in [0.29, 0.717) is 36.5 Å².